The van der Waals surface area contributed by atoms with Gasteiger partial charge in [-0.05, 0) is 23.7 Å². The van der Waals surface area contributed by atoms with E-state index in [9.17, 15) is 0 Å². The lowest BCUT2D eigenvalue weighted by Crippen LogP contribution is -2.05. The van der Waals surface area contributed by atoms with E-state index >= 15 is 0 Å². The zero-order valence-electron chi connectivity index (χ0n) is 9.37. The van der Waals surface area contributed by atoms with E-state index in [4.69, 9.17) is 10.0 Å². The van der Waals surface area contributed by atoms with Crippen molar-refractivity contribution in [3.8, 4) is 0 Å². The summed E-state index contributed by atoms with van der Waals surface area (Å²) in [6, 6.07) is 0. The van der Waals surface area contributed by atoms with Gasteiger partial charge in [-0.2, -0.15) is 0 Å². The molecule has 0 bridgehead atoms. The molecular formula is C11H22BIO2. The van der Waals surface area contributed by atoms with Crippen LogP contribution in [0.2, 0.25) is 0 Å². The number of allylic oxidation sites excluding steroid dienone is 1. The van der Waals surface area contributed by atoms with Gasteiger partial charge in [-0.1, -0.05) is 66.7 Å². The molecule has 88 valence electrons. The first-order valence-electron chi connectivity index (χ1n) is 5.86. The number of hydrogen-bond acceptors (Lipinski definition) is 2. The van der Waals surface area contributed by atoms with E-state index in [-0.39, 0.29) is 0 Å². The van der Waals surface area contributed by atoms with Crippen LogP contribution in [0.1, 0.15) is 51.4 Å². The summed E-state index contributed by atoms with van der Waals surface area (Å²) in [6.07, 6.45) is 12.0. The van der Waals surface area contributed by atoms with Crippen LogP contribution in [0.3, 0.4) is 0 Å². The highest BCUT2D eigenvalue weighted by Crippen LogP contribution is 2.09. The first-order valence-corrected chi connectivity index (χ1v) is 7.38. The van der Waals surface area contributed by atoms with Crippen LogP contribution in [0.15, 0.2) is 12.1 Å². The number of hydrogen-bond donors (Lipinski definition) is 2. The number of rotatable bonds is 10. The topological polar surface area (TPSA) is 40.5 Å². The largest absolute Gasteiger partial charge is 0.480 e. The van der Waals surface area contributed by atoms with E-state index < -0.39 is 7.12 Å². The van der Waals surface area contributed by atoms with Crippen molar-refractivity contribution in [2.75, 3.05) is 4.43 Å². The molecule has 0 aromatic carbocycles. The fourth-order valence-electron chi connectivity index (χ4n) is 1.46. The van der Waals surface area contributed by atoms with E-state index in [0.717, 1.165) is 12.8 Å². The van der Waals surface area contributed by atoms with Crippen molar-refractivity contribution in [1.29, 1.82) is 0 Å². The van der Waals surface area contributed by atoms with Gasteiger partial charge in [0.05, 0.1) is 0 Å². The Morgan fingerprint density at radius 3 is 1.93 bits per heavy atom. The molecule has 0 heterocycles. The van der Waals surface area contributed by atoms with Crippen molar-refractivity contribution in [1.82, 2.24) is 0 Å². The van der Waals surface area contributed by atoms with E-state index in [0.29, 0.717) is 0 Å². The van der Waals surface area contributed by atoms with Gasteiger partial charge >= 0.3 is 7.12 Å². The molecule has 0 aliphatic heterocycles. The number of halogens is 1. The van der Waals surface area contributed by atoms with Crippen LogP contribution in [0, 0.1) is 0 Å². The third-order valence-corrected chi connectivity index (χ3v) is 3.08. The Balaban J connectivity index is 2.99. The second-order valence-corrected chi connectivity index (χ2v) is 4.87. The van der Waals surface area contributed by atoms with Gasteiger partial charge in [0.1, 0.15) is 0 Å². The van der Waals surface area contributed by atoms with Crippen molar-refractivity contribution >= 4 is 29.7 Å². The van der Waals surface area contributed by atoms with Gasteiger partial charge < -0.3 is 10.0 Å². The predicted octanol–water partition coefficient (Wildman–Crippen LogP) is 3.11. The maximum Gasteiger partial charge on any atom is 0.480 e. The summed E-state index contributed by atoms with van der Waals surface area (Å²) in [5.41, 5.74) is 0. The molecule has 2 N–H and O–H groups in total. The highest BCUT2D eigenvalue weighted by atomic mass is 127. The molecule has 0 aromatic heterocycles. The van der Waals surface area contributed by atoms with Crippen LogP contribution in [-0.4, -0.2) is 21.6 Å². The third-order valence-electron chi connectivity index (χ3n) is 2.31. The van der Waals surface area contributed by atoms with E-state index in [2.05, 4.69) is 22.6 Å². The maximum absolute atomic E-state index is 8.54. The molecule has 0 atom stereocenters. The average Bonchev–Trinajstić information content (AvgIpc) is 2.20. The Kier molecular flexibility index (Phi) is 12.9. The quantitative estimate of drug-likeness (QED) is 0.281. The fourth-order valence-corrected chi connectivity index (χ4v) is 2.00. The molecule has 15 heavy (non-hydrogen) atoms. The summed E-state index contributed by atoms with van der Waals surface area (Å²) in [6.45, 7) is 0. The summed E-state index contributed by atoms with van der Waals surface area (Å²) in [5, 5.41) is 17.1. The zero-order chi connectivity index (χ0) is 11.4. The van der Waals surface area contributed by atoms with Crippen LogP contribution in [0.4, 0.5) is 0 Å². The maximum atomic E-state index is 8.54. The van der Waals surface area contributed by atoms with Gasteiger partial charge in [-0.25, -0.2) is 0 Å². The normalized spacial score (nSPS) is 11.1. The van der Waals surface area contributed by atoms with Gasteiger partial charge in [-0.15, -0.1) is 0 Å². The zero-order valence-corrected chi connectivity index (χ0v) is 11.5. The molecule has 4 heteroatoms. The molecule has 2 nitrogen and oxygen atoms in total. The Hall–Kier alpha value is 0.455. The highest BCUT2D eigenvalue weighted by molar-refractivity contribution is 14.1. The SMILES string of the molecule is OB(O)C=CCCCCCCCCCI. The first-order chi connectivity index (χ1) is 7.27. The number of alkyl halides is 1. The molecule has 0 saturated heterocycles. The van der Waals surface area contributed by atoms with Crippen molar-refractivity contribution in [2.45, 2.75) is 51.4 Å². The monoisotopic (exact) mass is 324 g/mol. The Morgan fingerprint density at radius 2 is 1.40 bits per heavy atom. The third kappa shape index (κ3) is 14.5. The van der Waals surface area contributed by atoms with Crippen molar-refractivity contribution in [2.24, 2.45) is 0 Å². The summed E-state index contributed by atoms with van der Waals surface area (Å²) in [4.78, 5) is 0. The van der Waals surface area contributed by atoms with Crippen LogP contribution in [0.5, 0.6) is 0 Å². The molecule has 0 saturated carbocycles. The fraction of sp³-hybridized carbons (Fsp3) is 0.818. The van der Waals surface area contributed by atoms with Crippen LogP contribution < -0.4 is 0 Å². The smallest absolute Gasteiger partial charge is 0.424 e. The van der Waals surface area contributed by atoms with Crippen LogP contribution in [-0.2, 0) is 0 Å². The Bertz CT molecular complexity index is 152. The summed E-state index contributed by atoms with van der Waals surface area (Å²) >= 11 is 2.43. The molecular weight excluding hydrogens is 302 g/mol. The standard InChI is InChI=1S/C11H22BIO2/c13-11-9-7-5-3-1-2-4-6-8-10-12(14)15/h8,10,14-15H,1-7,9,11H2. The average molecular weight is 324 g/mol. The molecule has 0 aromatic rings. The van der Waals surface area contributed by atoms with E-state index in [1.807, 2.05) is 6.08 Å². The minimum Gasteiger partial charge on any atom is -0.424 e. The minimum absolute atomic E-state index is 0.964. The lowest BCUT2D eigenvalue weighted by atomic mass is 9.91. The summed E-state index contributed by atoms with van der Waals surface area (Å²) in [5.74, 6) is 1.43. The summed E-state index contributed by atoms with van der Waals surface area (Å²) in [7, 11) is -1.28. The second-order valence-electron chi connectivity index (χ2n) is 3.79. The van der Waals surface area contributed by atoms with Gasteiger partial charge in [-0.3, -0.25) is 0 Å². The molecule has 0 fully saturated rings. The molecule has 0 radical (unpaired) electrons. The second kappa shape index (κ2) is 12.5. The first kappa shape index (κ1) is 15.5. The van der Waals surface area contributed by atoms with E-state index in [1.54, 1.807) is 0 Å². The highest BCUT2D eigenvalue weighted by Gasteiger charge is 1.96. The predicted molar refractivity (Wildman–Crippen MR) is 75.2 cm³/mol. The minimum atomic E-state index is -1.28. The van der Waals surface area contributed by atoms with Crippen LogP contribution >= 0.6 is 22.6 Å². The van der Waals surface area contributed by atoms with Gasteiger partial charge in [0.2, 0.25) is 0 Å². The van der Waals surface area contributed by atoms with Crippen molar-refractivity contribution in [3.05, 3.63) is 12.1 Å². The Labute approximate surface area is 107 Å². The molecule has 0 unspecified atom stereocenters. The lowest BCUT2D eigenvalue weighted by molar-refractivity contribution is 0.424. The molecule has 0 aliphatic carbocycles. The Morgan fingerprint density at radius 1 is 0.867 bits per heavy atom. The van der Waals surface area contributed by atoms with Gasteiger partial charge in [0.25, 0.3) is 0 Å². The van der Waals surface area contributed by atoms with E-state index in [1.165, 1.54) is 48.9 Å². The van der Waals surface area contributed by atoms with Gasteiger partial charge in [0.15, 0.2) is 0 Å². The van der Waals surface area contributed by atoms with Crippen molar-refractivity contribution in [3.63, 3.8) is 0 Å². The lowest BCUT2D eigenvalue weighted by Gasteiger charge is -1.99. The molecule has 0 rings (SSSR count). The molecule has 0 spiro atoms. The van der Waals surface area contributed by atoms with Gasteiger partial charge in [0, 0.05) is 0 Å². The molecule has 0 amide bonds. The van der Waals surface area contributed by atoms with Crippen molar-refractivity contribution < 1.29 is 10.0 Å². The number of unbranched alkanes of at least 4 members (excludes halogenated alkanes) is 7. The molecule has 0 aliphatic rings. The van der Waals surface area contributed by atoms with Crippen LogP contribution in [0.25, 0.3) is 0 Å². The summed E-state index contributed by atoms with van der Waals surface area (Å²) < 4.78 is 1.28.